The van der Waals surface area contributed by atoms with Crippen molar-refractivity contribution in [3.05, 3.63) is 46.5 Å². The number of benzene rings is 1. The van der Waals surface area contributed by atoms with E-state index in [0.29, 0.717) is 30.1 Å². The van der Waals surface area contributed by atoms with Crippen molar-refractivity contribution in [1.82, 2.24) is 25.4 Å². The standard InChI is InChI=1S/C23H25F3N6O2S/c24-23(25,26)14-1-2-18-17(7-14)19(8-29-31-18)28-10-21(33)30-15-11-32(12-15)16-3-5-22(34,6-4-16)20-9-27-13-35-20/h1-2,7-9,13,15-16,34H,3-6,10-12H2,(H,28,31)(H,30,33)/t16-,22-. The minimum absolute atomic E-state index is 0.0238. The molecule has 0 atom stereocenters. The molecular formula is C23H25F3N6O2S. The van der Waals surface area contributed by atoms with Gasteiger partial charge in [-0.15, -0.1) is 11.3 Å². The number of aromatic nitrogens is 3. The van der Waals surface area contributed by atoms with E-state index in [9.17, 15) is 23.1 Å². The van der Waals surface area contributed by atoms with Gasteiger partial charge in [0.05, 0.1) is 45.9 Å². The summed E-state index contributed by atoms with van der Waals surface area (Å²) in [5, 5.41) is 24.7. The Morgan fingerprint density at radius 2 is 2.00 bits per heavy atom. The molecule has 5 rings (SSSR count). The van der Waals surface area contributed by atoms with Crippen LogP contribution in [0.15, 0.2) is 36.1 Å². The first-order valence-electron chi connectivity index (χ1n) is 11.4. The molecule has 1 amide bonds. The maximum atomic E-state index is 13.1. The molecule has 186 valence electrons. The van der Waals surface area contributed by atoms with Crippen molar-refractivity contribution in [3.8, 4) is 0 Å². The lowest BCUT2D eigenvalue weighted by Crippen LogP contribution is -2.63. The van der Waals surface area contributed by atoms with Crippen LogP contribution in [0.5, 0.6) is 0 Å². The summed E-state index contributed by atoms with van der Waals surface area (Å²) >= 11 is 1.48. The highest BCUT2D eigenvalue weighted by Crippen LogP contribution is 2.40. The van der Waals surface area contributed by atoms with Crippen LogP contribution in [-0.2, 0) is 16.6 Å². The van der Waals surface area contributed by atoms with Gasteiger partial charge < -0.3 is 15.7 Å². The van der Waals surface area contributed by atoms with E-state index in [0.717, 1.165) is 42.9 Å². The number of likely N-dealkylation sites (tertiary alicyclic amines) is 1. The molecule has 0 unspecified atom stereocenters. The monoisotopic (exact) mass is 506 g/mol. The maximum Gasteiger partial charge on any atom is 0.416 e. The van der Waals surface area contributed by atoms with Gasteiger partial charge in [0.2, 0.25) is 5.91 Å². The van der Waals surface area contributed by atoms with Gasteiger partial charge in [0.15, 0.2) is 0 Å². The van der Waals surface area contributed by atoms with Crippen molar-refractivity contribution >= 4 is 33.8 Å². The fraction of sp³-hybridized carbons (Fsp3) is 0.478. The van der Waals surface area contributed by atoms with Crippen molar-refractivity contribution in [1.29, 1.82) is 0 Å². The zero-order valence-electron chi connectivity index (χ0n) is 18.8. The molecule has 3 aromatic rings. The first kappa shape index (κ1) is 23.9. The molecule has 0 spiro atoms. The van der Waals surface area contributed by atoms with Crippen molar-refractivity contribution in [2.75, 3.05) is 25.0 Å². The number of nitrogens with one attached hydrogen (secondary N) is 2. The molecule has 1 saturated carbocycles. The molecule has 0 bridgehead atoms. The highest BCUT2D eigenvalue weighted by molar-refractivity contribution is 7.09. The third-order valence-corrected chi connectivity index (χ3v) is 7.84. The smallest absolute Gasteiger partial charge is 0.384 e. The number of alkyl halides is 3. The number of nitrogens with zero attached hydrogens (tertiary/aromatic N) is 4. The minimum Gasteiger partial charge on any atom is -0.384 e. The van der Waals surface area contributed by atoms with Gasteiger partial charge >= 0.3 is 6.18 Å². The molecule has 2 aromatic heterocycles. The van der Waals surface area contributed by atoms with Crippen LogP contribution in [0.25, 0.3) is 10.9 Å². The molecule has 0 radical (unpaired) electrons. The first-order valence-corrected chi connectivity index (χ1v) is 12.3. The summed E-state index contributed by atoms with van der Waals surface area (Å²) in [5.74, 6) is -0.241. The molecule has 2 fully saturated rings. The number of hydrogen-bond donors (Lipinski definition) is 3. The largest absolute Gasteiger partial charge is 0.416 e. The summed E-state index contributed by atoms with van der Waals surface area (Å²) in [7, 11) is 0. The molecule has 1 saturated heterocycles. The van der Waals surface area contributed by atoms with E-state index >= 15 is 0 Å². The molecule has 2 aliphatic rings. The number of anilines is 1. The minimum atomic E-state index is -4.47. The second-order valence-corrected chi connectivity index (χ2v) is 10.1. The van der Waals surface area contributed by atoms with Crippen LogP contribution >= 0.6 is 11.3 Å². The van der Waals surface area contributed by atoms with Crippen LogP contribution in [0.3, 0.4) is 0 Å². The van der Waals surface area contributed by atoms with Gasteiger partial charge in [-0.2, -0.15) is 23.4 Å². The highest BCUT2D eigenvalue weighted by Gasteiger charge is 2.41. The number of amides is 1. The fourth-order valence-corrected chi connectivity index (χ4v) is 5.65. The predicted molar refractivity (Wildman–Crippen MR) is 125 cm³/mol. The molecule has 3 heterocycles. The van der Waals surface area contributed by atoms with Crippen LogP contribution in [0.2, 0.25) is 0 Å². The number of rotatable bonds is 6. The van der Waals surface area contributed by atoms with Gasteiger partial charge in [-0.25, -0.2) is 0 Å². The highest BCUT2D eigenvalue weighted by atomic mass is 32.1. The average molecular weight is 507 g/mol. The zero-order valence-corrected chi connectivity index (χ0v) is 19.6. The summed E-state index contributed by atoms with van der Waals surface area (Å²) < 4.78 is 39.2. The first-order chi connectivity index (χ1) is 16.7. The molecule has 12 heteroatoms. The number of aliphatic hydroxyl groups is 1. The summed E-state index contributed by atoms with van der Waals surface area (Å²) in [4.78, 5) is 19.8. The van der Waals surface area contributed by atoms with E-state index in [4.69, 9.17) is 0 Å². The lowest BCUT2D eigenvalue weighted by atomic mass is 9.80. The van der Waals surface area contributed by atoms with E-state index in [1.807, 2.05) is 0 Å². The van der Waals surface area contributed by atoms with Crippen molar-refractivity contribution in [3.63, 3.8) is 0 Å². The van der Waals surface area contributed by atoms with E-state index in [2.05, 4.69) is 30.7 Å². The predicted octanol–water partition coefficient (Wildman–Crippen LogP) is 3.15. The normalized spacial score (nSPS) is 23.7. The summed E-state index contributed by atoms with van der Waals surface area (Å²) in [6.45, 7) is 1.40. The van der Waals surface area contributed by atoms with Gasteiger partial charge in [-0.1, -0.05) is 0 Å². The molecular weight excluding hydrogens is 481 g/mol. The van der Waals surface area contributed by atoms with Gasteiger partial charge in [0.1, 0.15) is 5.60 Å². The quantitative estimate of drug-likeness (QED) is 0.472. The van der Waals surface area contributed by atoms with Crippen LogP contribution < -0.4 is 10.6 Å². The van der Waals surface area contributed by atoms with E-state index in [1.54, 1.807) is 11.7 Å². The summed E-state index contributed by atoms with van der Waals surface area (Å²) in [6.07, 6.45) is 1.76. The number of hydrogen-bond acceptors (Lipinski definition) is 8. The van der Waals surface area contributed by atoms with Crippen LogP contribution in [0.4, 0.5) is 18.9 Å². The second kappa shape index (κ2) is 9.32. The third-order valence-electron chi connectivity index (χ3n) is 6.87. The fourth-order valence-electron chi connectivity index (χ4n) is 4.87. The van der Waals surface area contributed by atoms with Gasteiger partial charge in [-0.05, 0) is 43.9 Å². The Bertz CT molecular complexity index is 1190. The Kier molecular flexibility index (Phi) is 6.36. The molecule has 1 aromatic carbocycles. The number of carbonyl (C=O) groups excluding carboxylic acids is 1. The molecule has 3 N–H and O–H groups in total. The number of fused-ring (bicyclic) bond motifs is 1. The molecule has 1 aliphatic carbocycles. The Balaban J connectivity index is 1.10. The number of carbonyl (C=O) groups is 1. The van der Waals surface area contributed by atoms with Crippen LogP contribution in [0, 0.1) is 0 Å². The summed E-state index contributed by atoms with van der Waals surface area (Å²) in [5.41, 5.74) is 0.808. The number of halogens is 3. The summed E-state index contributed by atoms with van der Waals surface area (Å²) in [6, 6.07) is 3.64. The number of thiazole rings is 1. The Hall–Kier alpha value is -2.83. The average Bonchev–Trinajstić information content (AvgIpc) is 3.36. The topological polar surface area (TPSA) is 103 Å². The van der Waals surface area contributed by atoms with E-state index in [-0.39, 0.29) is 23.9 Å². The second-order valence-electron chi connectivity index (χ2n) is 9.19. The van der Waals surface area contributed by atoms with Crippen molar-refractivity contribution in [2.24, 2.45) is 0 Å². The molecule has 1 aliphatic heterocycles. The van der Waals surface area contributed by atoms with Crippen LogP contribution in [-0.4, -0.2) is 62.8 Å². The molecule has 8 nitrogen and oxygen atoms in total. The van der Waals surface area contributed by atoms with Gasteiger partial charge in [0, 0.05) is 30.7 Å². The Morgan fingerprint density at radius 3 is 2.69 bits per heavy atom. The van der Waals surface area contributed by atoms with Crippen LogP contribution in [0.1, 0.15) is 36.1 Å². The van der Waals surface area contributed by atoms with Crippen molar-refractivity contribution in [2.45, 2.75) is 49.5 Å². The van der Waals surface area contributed by atoms with Crippen molar-refractivity contribution < 1.29 is 23.1 Å². The Morgan fingerprint density at radius 1 is 1.23 bits per heavy atom. The third kappa shape index (κ3) is 5.09. The van der Waals surface area contributed by atoms with Gasteiger partial charge in [-0.3, -0.25) is 14.7 Å². The zero-order chi connectivity index (χ0) is 24.6. The van der Waals surface area contributed by atoms with Gasteiger partial charge in [0.25, 0.3) is 0 Å². The Labute approximate surface area is 203 Å². The SMILES string of the molecule is O=C(CNc1cnnc2ccc(C(F)(F)F)cc12)NC1CN([C@H]2CC[C@@](O)(c3cncs3)CC2)C1. The van der Waals surface area contributed by atoms with E-state index < -0.39 is 17.3 Å². The maximum absolute atomic E-state index is 13.1. The molecule has 35 heavy (non-hydrogen) atoms. The van der Waals surface area contributed by atoms with E-state index in [1.165, 1.54) is 23.6 Å². The lowest BCUT2D eigenvalue weighted by Gasteiger charge is -2.48. The lowest BCUT2D eigenvalue weighted by molar-refractivity contribution is -0.137.